The van der Waals surface area contributed by atoms with Crippen molar-refractivity contribution < 1.29 is 9.47 Å². The third kappa shape index (κ3) is 3.20. The lowest BCUT2D eigenvalue weighted by Crippen LogP contribution is -2.36. The molecule has 0 spiro atoms. The van der Waals surface area contributed by atoms with Crippen LogP contribution in [0, 0.1) is 0 Å². The van der Waals surface area contributed by atoms with E-state index in [-0.39, 0.29) is 6.29 Å². The predicted octanol–water partition coefficient (Wildman–Crippen LogP) is 0.241. The third-order valence-corrected chi connectivity index (χ3v) is 2.91. The number of methoxy groups -OCH3 is 2. The van der Waals surface area contributed by atoms with Crippen LogP contribution >= 0.6 is 0 Å². The molecule has 1 atom stereocenters. The molecular weight excluding hydrogens is 180 g/mol. The second kappa shape index (κ2) is 5.66. The molecule has 0 N–H and O–H groups in total. The van der Waals surface area contributed by atoms with E-state index in [0.29, 0.717) is 6.04 Å². The fourth-order valence-corrected chi connectivity index (χ4v) is 1.86. The second-order valence-corrected chi connectivity index (χ2v) is 4.07. The largest absolute Gasteiger partial charge is 0.355 e. The Bertz CT molecular complexity index is 160. The standard InChI is InChI=1S/C10H22N2O2/c1-11(2)9-5-6-12(7-9)8-10(13-3)14-4/h9-10H,5-8H2,1-4H3. The van der Waals surface area contributed by atoms with Crippen molar-refractivity contribution in [2.24, 2.45) is 0 Å². The van der Waals surface area contributed by atoms with Gasteiger partial charge >= 0.3 is 0 Å². The van der Waals surface area contributed by atoms with Gasteiger partial charge < -0.3 is 14.4 Å². The number of rotatable bonds is 5. The summed E-state index contributed by atoms with van der Waals surface area (Å²) in [6.07, 6.45) is 1.16. The molecule has 14 heavy (non-hydrogen) atoms. The Morgan fingerprint density at radius 2 is 2.00 bits per heavy atom. The van der Waals surface area contributed by atoms with Gasteiger partial charge in [0.05, 0.1) is 0 Å². The molecule has 4 heteroatoms. The summed E-state index contributed by atoms with van der Waals surface area (Å²) in [4.78, 5) is 4.68. The van der Waals surface area contributed by atoms with Crippen LogP contribution < -0.4 is 0 Å². The molecule has 4 nitrogen and oxygen atoms in total. The first kappa shape index (κ1) is 11.9. The molecule has 1 heterocycles. The molecule has 0 bridgehead atoms. The van der Waals surface area contributed by atoms with Crippen molar-refractivity contribution >= 4 is 0 Å². The van der Waals surface area contributed by atoms with Gasteiger partial charge in [-0.25, -0.2) is 0 Å². The van der Waals surface area contributed by atoms with Crippen molar-refractivity contribution in [1.82, 2.24) is 9.80 Å². The van der Waals surface area contributed by atoms with E-state index >= 15 is 0 Å². The maximum absolute atomic E-state index is 5.18. The van der Waals surface area contributed by atoms with E-state index in [2.05, 4.69) is 23.9 Å². The summed E-state index contributed by atoms with van der Waals surface area (Å²) < 4.78 is 10.4. The summed E-state index contributed by atoms with van der Waals surface area (Å²) >= 11 is 0. The molecule has 1 fully saturated rings. The van der Waals surface area contributed by atoms with Gasteiger partial charge in [0.15, 0.2) is 6.29 Å². The summed E-state index contributed by atoms with van der Waals surface area (Å²) in [6.45, 7) is 3.14. The third-order valence-electron chi connectivity index (χ3n) is 2.91. The number of likely N-dealkylation sites (N-methyl/N-ethyl adjacent to an activating group) is 1. The maximum Gasteiger partial charge on any atom is 0.169 e. The number of nitrogens with zero attached hydrogens (tertiary/aromatic N) is 2. The van der Waals surface area contributed by atoms with E-state index in [9.17, 15) is 0 Å². The van der Waals surface area contributed by atoms with Crippen LogP contribution in [0.1, 0.15) is 6.42 Å². The Labute approximate surface area is 86.8 Å². The topological polar surface area (TPSA) is 24.9 Å². The predicted molar refractivity (Wildman–Crippen MR) is 56.3 cm³/mol. The molecule has 1 aliphatic rings. The minimum Gasteiger partial charge on any atom is -0.355 e. The van der Waals surface area contributed by atoms with E-state index in [0.717, 1.165) is 19.6 Å². The first-order chi connectivity index (χ1) is 6.67. The van der Waals surface area contributed by atoms with Crippen molar-refractivity contribution in [2.75, 3.05) is 47.9 Å². The highest BCUT2D eigenvalue weighted by Gasteiger charge is 2.25. The number of hydrogen-bond donors (Lipinski definition) is 0. The summed E-state index contributed by atoms with van der Waals surface area (Å²) in [5.41, 5.74) is 0. The van der Waals surface area contributed by atoms with Crippen LogP contribution in [0.15, 0.2) is 0 Å². The zero-order valence-corrected chi connectivity index (χ0v) is 9.69. The van der Waals surface area contributed by atoms with Crippen LogP contribution in [0.3, 0.4) is 0 Å². The Balaban J connectivity index is 2.28. The van der Waals surface area contributed by atoms with Crippen LogP contribution in [0.4, 0.5) is 0 Å². The number of likely N-dealkylation sites (tertiary alicyclic amines) is 1. The Hall–Kier alpha value is -0.160. The van der Waals surface area contributed by atoms with E-state index in [1.807, 2.05) is 0 Å². The summed E-state index contributed by atoms with van der Waals surface area (Å²) in [5.74, 6) is 0. The normalized spacial score (nSPS) is 24.0. The van der Waals surface area contributed by atoms with Crippen LogP contribution in [0.5, 0.6) is 0 Å². The monoisotopic (exact) mass is 202 g/mol. The van der Waals surface area contributed by atoms with Gasteiger partial charge in [0.25, 0.3) is 0 Å². The molecule has 0 aliphatic carbocycles. The van der Waals surface area contributed by atoms with E-state index in [1.165, 1.54) is 6.42 Å². The second-order valence-electron chi connectivity index (χ2n) is 4.07. The average Bonchev–Trinajstić information content (AvgIpc) is 2.62. The first-order valence-electron chi connectivity index (χ1n) is 5.11. The molecule has 84 valence electrons. The fraction of sp³-hybridized carbons (Fsp3) is 1.00. The van der Waals surface area contributed by atoms with E-state index in [1.54, 1.807) is 14.2 Å². The maximum atomic E-state index is 5.18. The Kier molecular flexibility index (Phi) is 4.81. The van der Waals surface area contributed by atoms with Crippen molar-refractivity contribution in [3.63, 3.8) is 0 Å². The van der Waals surface area contributed by atoms with Gasteiger partial charge in [-0.1, -0.05) is 0 Å². The fourth-order valence-electron chi connectivity index (χ4n) is 1.86. The summed E-state index contributed by atoms with van der Waals surface area (Å²) in [7, 11) is 7.65. The van der Waals surface area contributed by atoms with Crippen LogP contribution in [-0.4, -0.2) is 70.1 Å². The molecule has 1 rings (SSSR count). The minimum absolute atomic E-state index is 0.0871. The highest BCUT2D eigenvalue weighted by molar-refractivity contribution is 4.80. The molecule has 0 radical (unpaired) electrons. The molecule has 0 aromatic heterocycles. The quantitative estimate of drug-likeness (QED) is 0.596. The highest BCUT2D eigenvalue weighted by Crippen LogP contribution is 2.13. The molecular formula is C10H22N2O2. The number of hydrogen-bond acceptors (Lipinski definition) is 4. The summed E-state index contributed by atoms with van der Waals surface area (Å²) in [6, 6.07) is 0.685. The molecule has 1 unspecified atom stereocenters. The Morgan fingerprint density at radius 3 is 2.43 bits per heavy atom. The zero-order valence-electron chi connectivity index (χ0n) is 9.69. The Morgan fingerprint density at radius 1 is 1.36 bits per heavy atom. The van der Waals surface area contributed by atoms with Gasteiger partial charge in [-0.2, -0.15) is 0 Å². The first-order valence-corrected chi connectivity index (χ1v) is 5.11. The summed E-state index contributed by atoms with van der Waals surface area (Å²) in [5, 5.41) is 0. The number of ether oxygens (including phenoxy) is 2. The molecule has 0 amide bonds. The highest BCUT2D eigenvalue weighted by atomic mass is 16.7. The molecule has 1 saturated heterocycles. The van der Waals surface area contributed by atoms with Gasteiger partial charge in [-0.05, 0) is 27.1 Å². The van der Waals surface area contributed by atoms with E-state index < -0.39 is 0 Å². The zero-order chi connectivity index (χ0) is 10.6. The van der Waals surface area contributed by atoms with Crippen molar-refractivity contribution in [3.05, 3.63) is 0 Å². The van der Waals surface area contributed by atoms with Gasteiger partial charge in [0.2, 0.25) is 0 Å². The van der Waals surface area contributed by atoms with Gasteiger partial charge in [0, 0.05) is 33.4 Å². The van der Waals surface area contributed by atoms with Gasteiger partial charge in [-0.3, -0.25) is 4.90 Å². The van der Waals surface area contributed by atoms with Crippen LogP contribution in [0.25, 0.3) is 0 Å². The van der Waals surface area contributed by atoms with Crippen molar-refractivity contribution in [1.29, 1.82) is 0 Å². The van der Waals surface area contributed by atoms with Crippen molar-refractivity contribution in [2.45, 2.75) is 18.8 Å². The van der Waals surface area contributed by atoms with Crippen LogP contribution in [0.2, 0.25) is 0 Å². The lowest BCUT2D eigenvalue weighted by molar-refractivity contribution is -0.114. The lowest BCUT2D eigenvalue weighted by Gasteiger charge is -2.23. The van der Waals surface area contributed by atoms with Gasteiger partial charge in [-0.15, -0.1) is 0 Å². The minimum atomic E-state index is -0.0871. The van der Waals surface area contributed by atoms with Crippen LogP contribution in [-0.2, 0) is 9.47 Å². The molecule has 0 aromatic rings. The SMILES string of the molecule is COC(CN1CCC(N(C)C)C1)OC. The molecule has 1 aliphatic heterocycles. The van der Waals surface area contributed by atoms with E-state index in [4.69, 9.17) is 9.47 Å². The molecule has 0 saturated carbocycles. The van der Waals surface area contributed by atoms with Gasteiger partial charge in [0.1, 0.15) is 0 Å². The molecule has 0 aromatic carbocycles. The van der Waals surface area contributed by atoms with Crippen molar-refractivity contribution in [3.8, 4) is 0 Å². The average molecular weight is 202 g/mol. The smallest absolute Gasteiger partial charge is 0.169 e. The lowest BCUT2D eigenvalue weighted by atomic mass is 10.2.